The Morgan fingerprint density at radius 2 is 2.05 bits per heavy atom. The smallest absolute Gasteiger partial charge is 0.305 e. The van der Waals surface area contributed by atoms with Crippen molar-refractivity contribution >= 4 is 33.9 Å². The molecule has 0 spiro atoms. The molecule has 1 aromatic rings. The van der Waals surface area contributed by atoms with Gasteiger partial charge in [-0.2, -0.15) is 0 Å². The number of hydrogen-bond donors (Lipinski definition) is 0. The second-order valence-corrected chi connectivity index (χ2v) is 5.57. The maximum atomic E-state index is 12.0. The molecule has 0 fully saturated rings. The monoisotopic (exact) mass is 369 g/mol. The van der Waals surface area contributed by atoms with E-state index >= 15 is 0 Å². The van der Waals surface area contributed by atoms with Gasteiger partial charge < -0.3 is 14.4 Å². The summed E-state index contributed by atoms with van der Waals surface area (Å²) >= 11 is 3.39. The molecule has 1 aromatic carbocycles. The minimum atomic E-state index is -0.268. The van der Waals surface area contributed by atoms with E-state index in [9.17, 15) is 9.59 Å². The summed E-state index contributed by atoms with van der Waals surface area (Å²) in [6, 6.07) is 5.57. The third kappa shape index (κ3) is 5.89. The molecule has 0 aliphatic rings. The van der Waals surface area contributed by atoms with Crippen molar-refractivity contribution in [2.45, 2.75) is 12.8 Å². The molecule has 0 atom stereocenters. The van der Waals surface area contributed by atoms with Gasteiger partial charge in [0, 0.05) is 36.1 Å². The van der Waals surface area contributed by atoms with E-state index in [0.29, 0.717) is 25.1 Å². The van der Waals surface area contributed by atoms with Crippen LogP contribution in [0.15, 0.2) is 28.7 Å². The quantitative estimate of drug-likeness (QED) is 0.547. The van der Waals surface area contributed by atoms with Gasteiger partial charge in [-0.15, -0.1) is 0 Å². The average Bonchev–Trinajstić information content (AvgIpc) is 2.52. The van der Waals surface area contributed by atoms with Crippen LogP contribution in [0.4, 0.5) is 0 Å². The van der Waals surface area contributed by atoms with Crippen LogP contribution >= 0.6 is 15.9 Å². The van der Waals surface area contributed by atoms with E-state index in [1.54, 1.807) is 25.1 Å². The zero-order chi connectivity index (χ0) is 16.5. The molecule has 6 heteroatoms. The van der Waals surface area contributed by atoms with Gasteiger partial charge in [0.2, 0.25) is 5.91 Å². The molecule has 120 valence electrons. The zero-order valence-corrected chi connectivity index (χ0v) is 14.6. The lowest BCUT2D eigenvalue weighted by molar-refractivity contribution is -0.141. The van der Waals surface area contributed by atoms with Crippen molar-refractivity contribution in [3.05, 3.63) is 34.3 Å². The Bertz CT molecular complexity index is 557. The molecule has 5 nitrogen and oxygen atoms in total. The number of halogens is 1. The van der Waals surface area contributed by atoms with Gasteiger partial charge in [0.05, 0.1) is 14.2 Å². The van der Waals surface area contributed by atoms with Gasteiger partial charge in [-0.25, -0.2) is 0 Å². The predicted molar refractivity (Wildman–Crippen MR) is 88.6 cm³/mol. The molecular formula is C16H20BrNO4. The number of carbonyl (C=O) groups is 2. The summed E-state index contributed by atoms with van der Waals surface area (Å²) in [6.07, 6.45) is 4.07. The molecule has 0 saturated carbocycles. The molecule has 0 radical (unpaired) electrons. The van der Waals surface area contributed by atoms with Crippen molar-refractivity contribution in [1.82, 2.24) is 4.90 Å². The van der Waals surface area contributed by atoms with Crippen molar-refractivity contribution < 1.29 is 19.1 Å². The highest BCUT2D eigenvalue weighted by atomic mass is 79.9. The van der Waals surface area contributed by atoms with E-state index in [2.05, 4.69) is 20.7 Å². The number of methoxy groups -OCH3 is 2. The van der Waals surface area contributed by atoms with Crippen LogP contribution in [0.25, 0.3) is 6.08 Å². The highest BCUT2D eigenvalue weighted by Gasteiger charge is 2.07. The second kappa shape index (κ2) is 9.25. The number of nitrogens with zero attached hydrogens (tertiary/aromatic N) is 1. The van der Waals surface area contributed by atoms with Gasteiger partial charge in [0.1, 0.15) is 5.75 Å². The zero-order valence-electron chi connectivity index (χ0n) is 13.0. The Morgan fingerprint density at radius 3 is 2.68 bits per heavy atom. The Hall–Kier alpha value is -1.82. The molecule has 0 aliphatic carbocycles. The van der Waals surface area contributed by atoms with Crippen LogP contribution in [-0.4, -0.2) is 44.6 Å². The molecule has 0 heterocycles. The predicted octanol–water partition coefficient (Wildman–Crippen LogP) is 2.88. The molecule has 0 bridgehead atoms. The number of amides is 1. The third-order valence-corrected chi connectivity index (χ3v) is 3.57. The first-order valence-corrected chi connectivity index (χ1v) is 7.60. The number of carbonyl (C=O) groups excluding carboxylic acids is 2. The van der Waals surface area contributed by atoms with Gasteiger partial charge in [-0.05, 0) is 30.7 Å². The van der Waals surface area contributed by atoms with Gasteiger partial charge >= 0.3 is 5.97 Å². The standard InChI is InChI=1S/C16H20BrNO4/c1-18(10-4-5-16(20)22-3)15(19)9-6-12-11-13(17)7-8-14(12)21-2/h6-9,11H,4-5,10H2,1-3H3/b9-6+. The second-order valence-electron chi connectivity index (χ2n) is 4.66. The number of hydrogen-bond acceptors (Lipinski definition) is 4. The Labute approximate surface area is 139 Å². The van der Waals surface area contributed by atoms with E-state index in [0.717, 1.165) is 10.0 Å². The molecular weight excluding hydrogens is 350 g/mol. The first kappa shape index (κ1) is 18.2. The van der Waals surface area contributed by atoms with E-state index in [1.807, 2.05) is 18.2 Å². The third-order valence-electron chi connectivity index (χ3n) is 3.08. The first-order valence-electron chi connectivity index (χ1n) is 6.81. The van der Waals surface area contributed by atoms with Crippen LogP contribution < -0.4 is 4.74 Å². The average molecular weight is 370 g/mol. The Balaban J connectivity index is 2.60. The van der Waals surface area contributed by atoms with Crippen molar-refractivity contribution in [3.8, 4) is 5.75 Å². The summed E-state index contributed by atoms with van der Waals surface area (Å²) in [4.78, 5) is 24.6. The maximum Gasteiger partial charge on any atom is 0.305 e. The topological polar surface area (TPSA) is 55.8 Å². The number of rotatable bonds is 7. The number of ether oxygens (including phenoxy) is 2. The first-order chi connectivity index (χ1) is 10.5. The largest absolute Gasteiger partial charge is 0.496 e. The Kier molecular flexibility index (Phi) is 7.66. The molecule has 22 heavy (non-hydrogen) atoms. The molecule has 0 aliphatic heterocycles. The Morgan fingerprint density at radius 1 is 1.32 bits per heavy atom. The minimum Gasteiger partial charge on any atom is -0.496 e. The van der Waals surface area contributed by atoms with Crippen LogP contribution in [0.1, 0.15) is 18.4 Å². The molecule has 1 amide bonds. The summed E-state index contributed by atoms with van der Waals surface area (Å²) in [7, 11) is 4.63. The summed E-state index contributed by atoms with van der Waals surface area (Å²) in [5, 5.41) is 0. The minimum absolute atomic E-state index is 0.133. The number of esters is 1. The van der Waals surface area contributed by atoms with Crippen molar-refractivity contribution in [2.24, 2.45) is 0 Å². The lowest BCUT2D eigenvalue weighted by Gasteiger charge is -2.14. The van der Waals surface area contributed by atoms with E-state index in [1.165, 1.54) is 13.2 Å². The van der Waals surface area contributed by atoms with E-state index in [4.69, 9.17) is 4.74 Å². The lowest BCUT2D eigenvalue weighted by atomic mass is 10.2. The van der Waals surface area contributed by atoms with Crippen molar-refractivity contribution in [1.29, 1.82) is 0 Å². The van der Waals surface area contributed by atoms with Crippen LogP contribution in [0.2, 0.25) is 0 Å². The lowest BCUT2D eigenvalue weighted by Crippen LogP contribution is -2.26. The van der Waals surface area contributed by atoms with Crippen LogP contribution in [0.3, 0.4) is 0 Å². The van der Waals surface area contributed by atoms with Gasteiger partial charge in [-0.3, -0.25) is 9.59 Å². The van der Waals surface area contributed by atoms with E-state index < -0.39 is 0 Å². The van der Waals surface area contributed by atoms with Crippen LogP contribution in [0, 0.1) is 0 Å². The molecule has 0 saturated heterocycles. The maximum absolute atomic E-state index is 12.0. The fraction of sp³-hybridized carbons (Fsp3) is 0.375. The highest BCUT2D eigenvalue weighted by molar-refractivity contribution is 9.10. The van der Waals surface area contributed by atoms with Crippen LogP contribution in [-0.2, 0) is 14.3 Å². The summed E-state index contributed by atoms with van der Waals surface area (Å²) in [5.41, 5.74) is 0.813. The van der Waals surface area contributed by atoms with Gasteiger partial charge in [0.25, 0.3) is 0 Å². The fourth-order valence-corrected chi connectivity index (χ4v) is 2.18. The summed E-state index contributed by atoms with van der Waals surface area (Å²) < 4.78 is 10.7. The fourth-order valence-electron chi connectivity index (χ4n) is 1.80. The highest BCUT2D eigenvalue weighted by Crippen LogP contribution is 2.24. The summed E-state index contributed by atoms with van der Waals surface area (Å²) in [6.45, 7) is 0.494. The molecule has 0 aromatic heterocycles. The number of benzene rings is 1. The van der Waals surface area contributed by atoms with Crippen molar-refractivity contribution in [3.63, 3.8) is 0 Å². The molecule has 0 N–H and O–H groups in total. The van der Waals surface area contributed by atoms with Gasteiger partial charge in [-0.1, -0.05) is 15.9 Å². The SMILES string of the molecule is COC(=O)CCCN(C)C(=O)/C=C/c1cc(Br)ccc1OC. The number of likely N-dealkylation sites (N-methyl/N-ethyl adjacent to an activating group) is 1. The molecule has 0 unspecified atom stereocenters. The van der Waals surface area contributed by atoms with E-state index in [-0.39, 0.29) is 11.9 Å². The van der Waals surface area contributed by atoms with Gasteiger partial charge in [0.15, 0.2) is 0 Å². The molecule has 1 rings (SSSR count). The summed E-state index contributed by atoms with van der Waals surface area (Å²) in [5.74, 6) is 0.294. The normalized spacial score (nSPS) is 10.5. The van der Waals surface area contributed by atoms with Crippen molar-refractivity contribution in [2.75, 3.05) is 27.8 Å². The van der Waals surface area contributed by atoms with Crippen LogP contribution in [0.5, 0.6) is 5.75 Å².